The van der Waals surface area contributed by atoms with Gasteiger partial charge in [-0.3, -0.25) is 0 Å². The van der Waals surface area contributed by atoms with E-state index in [1.54, 1.807) is 4.40 Å². The Labute approximate surface area is 93.5 Å². The van der Waals surface area contributed by atoms with Crippen LogP contribution in [0.5, 0.6) is 0 Å². The van der Waals surface area contributed by atoms with Gasteiger partial charge in [0.15, 0.2) is 0 Å². The summed E-state index contributed by atoms with van der Waals surface area (Å²) in [6, 6.07) is 0. The highest BCUT2D eigenvalue weighted by molar-refractivity contribution is 5.56. The lowest BCUT2D eigenvalue weighted by Crippen LogP contribution is -2.20. The first-order valence-electron chi connectivity index (χ1n) is 5.64. The van der Waals surface area contributed by atoms with E-state index >= 15 is 0 Å². The Morgan fingerprint density at radius 2 is 2.12 bits per heavy atom. The Hall–Kier alpha value is -1.65. The topological polar surface area (TPSA) is 63.0 Å². The second kappa shape index (κ2) is 4.08. The van der Waals surface area contributed by atoms with Gasteiger partial charge in [0.1, 0.15) is 5.82 Å². The molecule has 86 valence electrons. The van der Waals surface area contributed by atoms with Crippen molar-refractivity contribution in [1.82, 2.24) is 19.6 Å². The number of nitrogens with zero attached hydrogens (tertiary/aromatic N) is 3. The lowest BCUT2D eigenvalue weighted by Gasteiger charge is -1.99. The minimum Gasteiger partial charge on any atom is -0.246 e. The largest absolute Gasteiger partial charge is 0.347 e. The number of imidazole rings is 1. The maximum atomic E-state index is 11.8. The maximum absolute atomic E-state index is 11.8. The fraction of sp³-hybridized carbons (Fsp3) is 0.545. The van der Waals surface area contributed by atoms with E-state index in [1.165, 1.54) is 0 Å². The van der Waals surface area contributed by atoms with E-state index in [0.29, 0.717) is 0 Å². The molecule has 2 rings (SSSR count). The van der Waals surface area contributed by atoms with E-state index < -0.39 is 0 Å². The van der Waals surface area contributed by atoms with Crippen molar-refractivity contribution in [3.63, 3.8) is 0 Å². The molecule has 0 saturated carbocycles. The average Bonchev–Trinajstić information content (AvgIpc) is 2.64. The van der Waals surface area contributed by atoms with Crippen molar-refractivity contribution >= 4 is 5.52 Å². The summed E-state index contributed by atoms with van der Waals surface area (Å²) in [6.45, 7) is 6.01. The fourth-order valence-electron chi connectivity index (χ4n) is 1.98. The SMILES string of the molecule is CCCc1nc(CC)c2c(C)n[nH]c(=O)n12. The van der Waals surface area contributed by atoms with Gasteiger partial charge in [-0.1, -0.05) is 13.8 Å². The quantitative estimate of drug-likeness (QED) is 0.846. The van der Waals surface area contributed by atoms with E-state index in [1.807, 2.05) is 13.8 Å². The van der Waals surface area contributed by atoms with Crippen LogP contribution in [0.15, 0.2) is 4.79 Å². The zero-order chi connectivity index (χ0) is 11.7. The summed E-state index contributed by atoms with van der Waals surface area (Å²) in [5.74, 6) is 0.834. The van der Waals surface area contributed by atoms with Crippen molar-refractivity contribution < 1.29 is 0 Å². The monoisotopic (exact) mass is 220 g/mol. The Kier molecular flexibility index (Phi) is 2.77. The van der Waals surface area contributed by atoms with Crippen LogP contribution in [0.2, 0.25) is 0 Å². The van der Waals surface area contributed by atoms with Crippen molar-refractivity contribution in [1.29, 1.82) is 0 Å². The molecule has 2 aromatic heterocycles. The van der Waals surface area contributed by atoms with Gasteiger partial charge in [0.25, 0.3) is 0 Å². The van der Waals surface area contributed by atoms with Crippen LogP contribution < -0.4 is 5.69 Å². The van der Waals surface area contributed by atoms with Gasteiger partial charge in [-0.05, 0) is 19.8 Å². The molecule has 0 fully saturated rings. The summed E-state index contributed by atoms with van der Waals surface area (Å²) in [5, 5.41) is 6.49. The molecule has 0 atom stereocenters. The first-order valence-corrected chi connectivity index (χ1v) is 5.64. The van der Waals surface area contributed by atoms with Gasteiger partial charge in [0, 0.05) is 6.42 Å². The number of aromatic amines is 1. The molecular weight excluding hydrogens is 204 g/mol. The molecule has 16 heavy (non-hydrogen) atoms. The molecular formula is C11H16N4O. The van der Waals surface area contributed by atoms with E-state index in [2.05, 4.69) is 22.1 Å². The number of fused-ring (bicyclic) bond motifs is 1. The molecule has 0 aliphatic rings. The third kappa shape index (κ3) is 1.52. The molecule has 1 N–H and O–H groups in total. The molecule has 2 aromatic rings. The summed E-state index contributed by atoms with van der Waals surface area (Å²) in [7, 11) is 0. The van der Waals surface area contributed by atoms with E-state index in [0.717, 1.165) is 42.0 Å². The lowest BCUT2D eigenvalue weighted by molar-refractivity contribution is 0.778. The van der Waals surface area contributed by atoms with Crippen LogP contribution >= 0.6 is 0 Å². The minimum atomic E-state index is -0.198. The predicted molar refractivity (Wildman–Crippen MR) is 61.7 cm³/mol. The predicted octanol–water partition coefficient (Wildman–Crippen LogP) is 1.24. The van der Waals surface area contributed by atoms with Gasteiger partial charge in [0.2, 0.25) is 0 Å². The standard InChI is InChI=1S/C11H16N4O/c1-4-6-9-12-8(5-2)10-7(3)13-14-11(16)15(9)10/h4-6H2,1-3H3,(H,14,16). The van der Waals surface area contributed by atoms with Crippen LogP contribution in [0.3, 0.4) is 0 Å². The van der Waals surface area contributed by atoms with Crippen LogP contribution in [0, 0.1) is 6.92 Å². The van der Waals surface area contributed by atoms with Gasteiger partial charge in [-0.15, -0.1) is 0 Å². The molecule has 0 spiro atoms. The minimum absolute atomic E-state index is 0.198. The number of hydrogen-bond donors (Lipinski definition) is 1. The Balaban J connectivity index is 2.84. The maximum Gasteiger partial charge on any atom is 0.347 e. The summed E-state index contributed by atoms with van der Waals surface area (Å²) in [4.78, 5) is 16.3. The van der Waals surface area contributed by atoms with E-state index in [4.69, 9.17) is 0 Å². The smallest absolute Gasteiger partial charge is 0.246 e. The number of nitrogens with one attached hydrogen (secondary N) is 1. The van der Waals surface area contributed by atoms with Crippen molar-refractivity contribution in [3.8, 4) is 0 Å². The van der Waals surface area contributed by atoms with Crippen LogP contribution in [0.4, 0.5) is 0 Å². The normalized spacial score (nSPS) is 11.2. The van der Waals surface area contributed by atoms with E-state index in [9.17, 15) is 4.79 Å². The number of hydrogen-bond acceptors (Lipinski definition) is 3. The van der Waals surface area contributed by atoms with Gasteiger partial charge in [0.05, 0.1) is 16.9 Å². The van der Waals surface area contributed by atoms with Crippen LogP contribution in [0.25, 0.3) is 5.52 Å². The molecule has 5 heteroatoms. The molecule has 0 aliphatic heterocycles. The molecule has 0 aliphatic carbocycles. The van der Waals surface area contributed by atoms with Crippen LogP contribution in [-0.4, -0.2) is 19.6 Å². The second-order valence-electron chi connectivity index (χ2n) is 3.88. The zero-order valence-electron chi connectivity index (χ0n) is 9.87. The zero-order valence-corrected chi connectivity index (χ0v) is 9.87. The van der Waals surface area contributed by atoms with E-state index in [-0.39, 0.29) is 5.69 Å². The highest BCUT2D eigenvalue weighted by atomic mass is 16.1. The molecule has 0 amide bonds. The van der Waals surface area contributed by atoms with Gasteiger partial charge >= 0.3 is 5.69 Å². The van der Waals surface area contributed by atoms with Gasteiger partial charge in [-0.25, -0.2) is 19.3 Å². The lowest BCUT2D eigenvalue weighted by atomic mass is 10.2. The molecule has 0 radical (unpaired) electrons. The number of H-pyrrole nitrogens is 1. The molecule has 2 heterocycles. The van der Waals surface area contributed by atoms with Crippen molar-refractivity contribution in [2.45, 2.75) is 40.0 Å². The number of aromatic nitrogens is 4. The Bertz CT molecular complexity index is 567. The second-order valence-corrected chi connectivity index (χ2v) is 3.88. The van der Waals surface area contributed by atoms with Crippen molar-refractivity contribution in [2.75, 3.05) is 0 Å². The summed E-state index contributed by atoms with van der Waals surface area (Å²) >= 11 is 0. The first kappa shape index (κ1) is 10.9. The number of aryl methyl sites for hydroxylation is 3. The molecule has 0 saturated heterocycles. The molecule has 0 unspecified atom stereocenters. The molecule has 0 bridgehead atoms. The number of rotatable bonds is 3. The van der Waals surface area contributed by atoms with Crippen molar-refractivity contribution in [2.24, 2.45) is 0 Å². The summed E-state index contributed by atoms with van der Waals surface area (Å²) in [5.41, 5.74) is 2.46. The third-order valence-corrected chi connectivity index (χ3v) is 2.69. The van der Waals surface area contributed by atoms with Crippen LogP contribution in [-0.2, 0) is 12.8 Å². The average molecular weight is 220 g/mol. The molecule has 0 aromatic carbocycles. The fourth-order valence-corrected chi connectivity index (χ4v) is 1.98. The Morgan fingerprint density at radius 1 is 1.38 bits per heavy atom. The highest BCUT2D eigenvalue weighted by Crippen LogP contribution is 2.14. The molecule has 5 nitrogen and oxygen atoms in total. The van der Waals surface area contributed by atoms with Crippen molar-refractivity contribution in [3.05, 3.63) is 27.7 Å². The third-order valence-electron chi connectivity index (χ3n) is 2.69. The van der Waals surface area contributed by atoms with Gasteiger partial charge in [-0.2, -0.15) is 5.10 Å². The summed E-state index contributed by atoms with van der Waals surface area (Å²) < 4.78 is 1.66. The first-order chi connectivity index (χ1) is 7.69. The highest BCUT2D eigenvalue weighted by Gasteiger charge is 2.14. The summed E-state index contributed by atoms with van der Waals surface area (Å²) in [6.07, 6.45) is 2.61. The van der Waals surface area contributed by atoms with Gasteiger partial charge < -0.3 is 0 Å². The van der Waals surface area contributed by atoms with Crippen LogP contribution in [0.1, 0.15) is 37.5 Å². The Morgan fingerprint density at radius 3 is 2.75 bits per heavy atom.